The van der Waals surface area contributed by atoms with E-state index in [-0.39, 0.29) is 0 Å². The summed E-state index contributed by atoms with van der Waals surface area (Å²) in [6.45, 7) is 2.93. The lowest BCUT2D eigenvalue weighted by Crippen LogP contribution is -2.46. The highest BCUT2D eigenvalue weighted by molar-refractivity contribution is 5.42. The summed E-state index contributed by atoms with van der Waals surface area (Å²) in [5.41, 5.74) is 1.02. The van der Waals surface area contributed by atoms with E-state index in [0.717, 1.165) is 43.5 Å². The highest BCUT2D eigenvalue weighted by Gasteiger charge is 2.25. The number of anilines is 2. The molecule has 7 heteroatoms. The van der Waals surface area contributed by atoms with Gasteiger partial charge in [-0.15, -0.1) is 0 Å². The minimum Gasteiger partial charge on any atom is -0.363 e. The number of likely N-dealkylation sites (tertiary alicyclic amines) is 1. The van der Waals surface area contributed by atoms with Gasteiger partial charge in [0.05, 0.1) is 5.69 Å². The van der Waals surface area contributed by atoms with Gasteiger partial charge < -0.3 is 9.80 Å². The molecular formula is C17H25N7. The predicted octanol–water partition coefficient (Wildman–Crippen LogP) is 1.43. The van der Waals surface area contributed by atoms with E-state index in [9.17, 15) is 0 Å². The van der Waals surface area contributed by atoms with Gasteiger partial charge in [0.15, 0.2) is 0 Å². The molecule has 1 fully saturated rings. The molecule has 0 spiro atoms. The smallest absolute Gasteiger partial charge is 0.227 e. The maximum atomic E-state index is 4.66. The first-order chi connectivity index (χ1) is 11.6. The van der Waals surface area contributed by atoms with Crippen LogP contribution >= 0.6 is 0 Å². The average molecular weight is 327 g/mol. The Kier molecular flexibility index (Phi) is 5.20. The van der Waals surface area contributed by atoms with Gasteiger partial charge in [-0.1, -0.05) is 0 Å². The van der Waals surface area contributed by atoms with Gasteiger partial charge >= 0.3 is 0 Å². The highest BCUT2D eigenvalue weighted by atomic mass is 15.3. The molecule has 1 saturated heterocycles. The first-order valence-corrected chi connectivity index (χ1v) is 8.34. The zero-order valence-electron chi connectivity index (χ0n) is 14.6. The minimum atomic E-state index is 0.410. The number of rotatable bonds is 5. The first-order valence-electron chi connectivity index (χ1n) is 8.34. The lowest BCUT2D eigenvalue weighted by molar-refractivity contribution is 0.196. The maximum Gasteiger partial charge on any atom is 0.227 e. The molecule has 7 nitrogen and oxygen atoms in total. The van der Waals surface area contributed by atoms with Crippen molar-refractivity contribution in [3.8, 4) is 0 Å². The third kappa shape index (κ3) is 3.97. The van der Waals surface area contributed by atoms with E-state index in [2.05, 4.69) is 36.8 Å². The molecule has 1 aliphatic heterocycles. The number of aromatic nitrogens is 4. The molecule has 1 unspecified atom stereocenters. The molecule has 3 heterocycles. The molecule has 0 N–H and O–H groups in total. The Morgan fingerprint density at radius 3 is 2.79 bits per heavy atom. The summed E-state index contributed by atoms with van der Waals surface area (Å²) in [5.74, 6) is 1.71. The van der Waals surface area contributed by atoms with Crippen LogP contribution in [0.3, 0.4) is 0 Å². The van der Waals surface area contributed by atoms with Gasteiger partial charge in [-0.2, -0.15) is 4.98 Å². The molecule has 128 valence electrons. The molecule has 0 bridgehead atoms. The SMILES string of the molecule is CN(C)c1ccnc(N(C)C2CCCN(Cc3cnccn3)C2)n1. The van der Waals surface area contributed by atoms with Crippen LogP contribution < -0.4 is 9.80 Å². The Morgan fingerprint density at radius 1 is 1.17 bits per heavy atom. The fourth-order valence-electron chi connectivity index (χ4n) is 3.05. The van der Waals surface area contributed by atoms with E-state index >= 15 is 0 Å². The topological polar surface area (TPSA) is 61.3 Å². The van der Waals surface area contributed by atoms with Gasteiger partial charge in [0.25, 0.3) is 0 Å². The summed E-state index contributed by atoms with van der Waals surface area (Å²) in [7, 11) is 6.08. The average Bonchev–Trinajstić information content (AvgIpc) is 2.62. The van der Waals surface area contributed by atoms with E-state index in [1.807, 2.05) is 37.5 Å². The van der Waals surface area contributed by atoms with Gasteiger partial charge in [0, 0.05) is 65.1 Å². The van der Waals surface area contributed by atoms with Crippen molar-refractivity contribution in [1.29, 1.82) is 0 Å². The number of nitrogens with zero attached hydrogens (tertiary/aromatic N) is 7. The first kappa shape index (κ1) is 16.6. The molecule has 24 heavy (non-hydrogen) atoms. The Balaban J connectivity index is 1.66. The van der Waals surface area contributed by atoms with Gasteiger partial charge in [0.2, 0.25) is 5.95 Å². The molecule has 0 aliphatic carbocycles. The standard InChI is InChI=1S/C17H25N7/c1-22(2)16-6-7-20-17(21-16)23(3)15-5-4-10-24(13-15)12-14-11-18-8-9-19-14/h6-9,11,15H,4-5,10,12-13H2,1-3H3. The Bertz CT molecular complexity index is 646. The second-order valence-electron chi connectivity index (χ2n) is 6.45. The molecule has 2 aromatic heterocycles. The van der Waals surface area contributed by atoms with Crippen LogP contribution in [0.1, 0.15) is 18.5 Å². The third-order valence-electron chi connectivity index (χ3n) is 4.43. The van der Waals surface area contributed by atoms with Crippen LogP contribution in [0.5, 0.6) is 0 Å². The summed E-state index contributed by atoms with van der Waals surface area (Å²) in [6, 6.07) is 2.34. The van der Waals surface area contributed by atoms with Crippen molar-refractivity contribution < 1.29 is 0 Å². The van der Waals surface area contributed by atoms with Crippen molar-refractivity contribution in [1.82, 2.24) is 24.8 Å². The van der Waals surface area contributed by atoms with E-state index in [4.69, 9.17) is 0 Å². The molecule has 0 saturated carbocycles. The van der Waals surface area contributed by atoms with Crippen molar-refractivity contribution in [3.63, 3.8) is 0 Å². The van der Waals surface area contributed by atoms with Crippen LogP contribution in [0.2, 0.25) is 0 Å². The summed E-state index contributed by atoms with van der Waals surface area (Å²) in [6.07, 6.45) is 9.46. The molecule has 1 atom stereocenters. The summed E-state index contributed by atoms with van der Waals surface area (Å²) < 4.78 is 0. The van der Waals surface area contributed by atoms with Crippen LogP contribution in [0.25, 0.3) is 0 Å². The Morgan fingerprint density at radius 2 is 2.04 bits per heavy atom. The number of piperidine rings is 1. The fraction of sp³-hybridized carbons (Fsp3) is 0.529. The van der Waals surface area contributed by atoms with E-state index in [1.54, 1.807) is 12.4 Å². The summed E-state index contributed by atoms with van der Waals surface area (Å²) >= 11 is 0. The lowest BCUT2D eigenvalue weighted by Gasteiger charge is -2.37. The second kappa shape index (κ2) is 7.53. The maximum absolute atomic E-state index is 4.66. The van der Waals surface area contributed by atoms with Crippen LogP contribution in [-0.2, 0) is 6.54 Å². The number of hydrogen-bond acceptors (Lipinski definition) is 7. The van der Waals surface area contributed by atoms with Crippen molar-refractivity contribution in [2.24, 2.45) is 0 Å². The number of hydrogen-bond donors (Lipinski definition) is 0. The van der Waals surface area contributed by atoms with Crippen molar-refractivity contribution in [2.45, 2.75) is 25.4 Å². The van der Waals surface area contributed by atoms with Gasteiger partial charge in [-0.3, -0.25) is 14.9 Å². The Labute approximate surface area is 143 Å². The van der Waals surface area contributed by atoms with Crippen molar-refractivity contribution in [3.05, 3.63) is 36.5 Å². The lowest BCUT2D eigenvalue weighted by atomic mass is 10.0. The van der Waals surface area contributed by atoms with Crippen molar-refractivity contribution >= 4 is 11.8 Å². The molecule has 3 rings (SSSR count). The van der Waals surface area contributed by atoms with E-state index in [0.29, 0.717) is 6.04 Å². The van der Waals surface area contributed by atoms with Gasteiger partial charge in [0.1, 0.15) is 5.82 Å². The monoisotopic (exact) mass is 327 g/mol. The second-order valence-corrected chi connectivity index (χ2v) is 6.45. The highest BCUT2D eigenvalue weighted by Crippen LogP contribution is 2.21. The molecule has 2 aromatic rings. The minimum absolute atomic E-state index is 0.410. The van der Waals surface area contributed by atoms with Crippen molar-refractivity contribution in [2.75, 3.05) is 44.0 Å². The molecule has 1 aliphatic rings. The molecule has 0 aromatic carbocycles. The van der Waals surface area contributed by atoms with Gasteiger partial charge in [-0.25, -0.2) is 4.98 Å². The summed E-state index contributed by atoms with van der Waals surface area (Å²) in [5, 5.41) is 0. The quantitative estimate of drug-likeness (QED) is 0.823. The molecule has 0 radical (unpaired) electrons. The number of likely N-dealkylation sites (N-methyl/N-ethyl adjacent to an activating group) is 1. The van der Waals surface area contributed by atoms with E-state index < -0.39 is 0 Å². The molecule has 0 amide bonds. The predicted molar refractivity (Wildman–Crippen MR) is 95.1 cm³/mol. The Hall–Kier alpha value is -2.28. The zero-order chi connectivity index (χ0) is 16.9. The zero-order valence-corrected chi connectivity index (χ0v) is 14.6. The van der Waals surface area contributed by atoms with Crippen LogP contribution in [0.4, 0.5) is 11.8 Å². The fourth-order valence-corrected chi connectivity index (χ4v) is 3.05. The van der Waals surface area contributed by atoms with Gasteiger partial charge in [-0.05, 0) is 25.5 Å². The normalized spacial score (nSPS) is 18.4. The van der Waals surface area contributed by atoms with Crippen LogP contribution in [0, 0.1) is 0 Å². The largest absolute Gasteiger partial charge is 0.363 e. The third-order valence-corrected chi connectivity index (χ3v) is 4.43. The van der Waals surface area contributed by atoms with Crippen LogP contribution in [-0.4, -0.2) is 65.1 Å². The van der Waals surface area contributed by atoms with E-state index in [1.165, 1.54) is 6.42 Å². The van der Waals surface area contributed by atoms with Crippen LogP contribution in [0.15, 0.2) is 30.9 Å². The molecular weight excluding hydrogens is 302 g/mol. The summed E-state index contributed by atoms with van der Waals surface area (Å²) in [4.78, 5) is 24.3.